The van der Waals surface area contributed by atoms with Crippen molar-refractivity contribution in [2.75, 3.05) is 13.2 Å². The standard InChI is InChI=1S/C7H12O3/c1-6(2)9-5-7(10-6)3-4-8-7/h3-5H2,1-2H3/t7-/m0/s1. The average molecular weight is 144 g/mol. The Kier molecular flexibility index (Phi) is 1.14. The third-order valence-corrected chi connectivity index (χ3v) is 1.92. The molecule has 0 amide bonds. The third-order valence-electron chi connectivity index (χ3n) is 1.92. The van der Waals surface area contributed by atoms with Crippen LogP contribution >= 0.6 is 0 Å². The molecule has 0 aromatic heterocycles. The highest BCUT2D eigenvalue weighted by Crippen LogP contribution is 2.39. The maximum Gasteiger partial charge on any atom is 0.197 e. The van der Waals surface area contributed by atoms with Gasteiger partial charge in [0.2, 0.25) is 0 Å². The predicted octanol–water partition coefficient (Wildman–Crippen LogP) is 0.886. The summed E-state index contributed by atoms with van der Waals surface area (Å²) in [7, 11) is 0. The van der Waals surface area contributed by atoms with Gasteiger partial charge in [-0.1, -0.05) is 0 Å². The van der Waals surface area contributed by atoms with Crippen LogP contribution in [-0.4, -0.2) is 24.8 Å². The second-order valence-corrected chi connectivity index (χ2v) is 3.30. The number of rotatable bonds is 0. The molecule has 0 aliphatic carbocycles. The van der Waals surface area contributed by atoms with Crippen molar-refractivity contribution in [2.24, 2.45) is 0 Å². The molecular weight excluding hydrogens is 132 g/mol. The van der Waals surface area contributed by atoms with Gasteiger partial charge in [-0.2, -0.15) is 0 Å². The van der Waals surface area contributed by atoms with Crippen LogP contribution in [0.15, 0.2) is 0 Å². The summed E-state index contributed by atoms with van der Waals surface area (Å²) in [6.07, 6.45) is 0.969. The Balaban J connectivity index is 2.05. The van der Waals surface area contributed by atoms with Crippen molar-refractivity contribution in [1.29, 1.82) is 0 Å². The molecule has 0 saturated carbocycles. The quantitative estimate of drug-likeness (QED) is 0.505. The van der Waals surface area contributed by atoms with Crippen LogP contribution in [0.1, 0.15) is 20.3 Å². The van der Waals surface area contributed by atoms with Crippen LogP contribution in [0.4, 0.5) is 0 Å². The van der Waals surface area contributed by atoms with Crippen LogP contribution in [0.2, 0.25) is 0 Å². The van der Waals surface area contributed by atoms with Gasteiger partial charge in [-0.05, 0) is 13.8 Å². The molecule has 2 rings (SSSR count). The van der Waals surface area contributed by atoms with Crippen molar-refractivity contribution in [1.82, 2.24) is 0 Å². The van der Waals surface area contributed by atoms with Crippen LogP contribution in [0.3, 0.4) is 0 Å². The summed E-state index contributed by atoms with van der Waals surface area (Å²) in [6.45, 7) is 5.20. The Morgan fingerprint density at radius 3 is 2.10 bits per heavy atom. The van der Waals surface area contributed by atoms with Gasteiger partial charge in [-0.3, -0.25) is 0 Å². The Labute approximate surface area is 60.3 Å². The van der Waals surface area contributed by atoms with E-state index in [1.165, 1.54) is 0 Å². The lowest BCUT2D eigenvalue weighted by Crippen LogP contribution is -2.46. The molecule has 2 saturated heterocycles. The van der Waals surface area contributed by atoms with E-state index in [0.717, 1.165) is 13.0 Å². The van der Waals surface area contributed by atoms with Gasteiger partial charge < -0.3 is 14.2 Å². The minimum Gasteiger partial charge on any atom is -0.347 e. The zero-order valence-corrected chi connectivity index (χ0v) is 6.35. The summed E-state index contributed by atoms with van der Waals surface area (Å²) in [6, 6.07) is 0. The molecule has 0 unspecified atom stereocenters. The molecule has 0 radical (unpaired) electrons. The second-order valence-electron chi connectivity index (χ2n) is 3.30. The van der Waals surface area contributed by atoms with Gasteiger partial charge in [-0.15, -0.1) is 0 Å². The molecule has 2 aliphatic heterocycles. The molecule has 2 aliphatic rings. The summed E-state index contributed by atoms with van der Waals surface area (Å²) in [5.74, 6) is -0.816. The minimum absolute atomic E-state index is 0.372. The highest BCUT2D eigenvalue weighted by molar-refractivity contribution is 4.84. The van der Waals surface area contributed by atoms with Crippen LogP contribution in [0.5, 0.6) is 0 Å². The molecule has 2 fully saturated rings. The predicted molar refractivity (Wildman–Crippen MR) is 34.4 cm³/mol. The first-order valence-corrected chi connectivity index (χ1v) is 3.60. The fraction of sp³-hybridized carbons (Fsp3) is 1.00. The molecule has 0 bridgehead atoms. The van der Waals surface area contributed by atoms with Crippen molar-refractivity contribution in [3.8, 4) is 0 Å². The molecule has 2 heterocycles. The van der Waals surface area contributed by atoms with E-state index in [9.17, 15) is 0 Å². The smallest absolute Gasteiger partial charge is 0.197 e. The van der Waals surface area contributed by atoms with E-state index in [1.807, 2.05) is 13.8 Å². The molecule has 1 atom stereocenters. The summed E-state index contributed by atoms with van der Waals surface area (Å²) >= 11 is 0. The van der Waals surface area contributed by atoms with Gasteiger partial charge in [0.25, 0.3) is 0 Å². The van der Waals surface area contributed by atoms with E-state index in [0.29, 0.717) is 6.61 Å². The lowest BCUT2D eigenvalue weighted by atomic mass is 10.1. The van der Waals surface area contributed by atoms with Gasteiger partial charge in [0.05, 0.1) is 6.61 Å². The summed E-state index contributed by atoms with van der Waals surface area (Å²) in [5.41, 5.74) is 0. The lowest BCUT2D eigenvalue weighted by molar-refractivity contribution is -0.309. The van der Waals surface area contributed by atoms with Crippen LogP contribution in [0, 0.1) is 0 Å². The van der Waals surface area contributed by atoms with Gasteiger partial charge in [0, 0.05) is 6.42 Å². The highest BCUT2D eigenvalue weighted by atomic mass is 16.8. The van der Waals surface area contributed by atoms with Crippen LogP contribution in [0.25, 0.3) is 0 Å². The maximum absolute atomic E-state index is 5.53. The van der Waals surface area contributed by atoms with Crippen LogP contribution in [-0.2, 0) is 14.2 Å². The molecule has 58 valence electrons. The van der Waals surface area contributed by atoms with E-state index >= 15 is 0 Å². The average Bonchev–Trinajstić information content (AvgIpc) is 2.04. The number of ether oxygens (including phenoxy) is 3. The van der Waals surface area contributed by atoms with E-state index in [1.54, 1.807) is 0 Å². The van der Waals surface area contributed by atoms with Crippen molar-refractivity contribution in [3.05, 3.63) is 0 Å². The summed E-state index contributed by atoms with van der Waals surface area (Å²) in [4.78, 5) is 0. The molecular formula is C7H12O3. The third kappa shape index (κ3) is 0.856. The summed E-state index contributed by atoms with van der Waals surface area (Å²) < 4.78 is 16.1. The van der Waals surface area contributed by atoms with Crippen molar-refractivity contribution >= 4 is 0 Å². The van der Waals surface area contributed by atoms with E-state index in [2.05, 4.69) is 0 Å². The Morgan fingerprint density at radius 2 is 1.90 bits per heavy atom. The molecule has 0 aromatic rings. The number of hydrogen-bond donors (Lipinski definition) is 0. The zero-order chi connectivity index (χ0) is 7.24. The molecule has 3 heteroatoms. The Bertz CT molecular complexity index is 149. The fourth-order valence-corrected chi connectivity index (χ4v) is 1.31. The van der Waals surface area contributed by atoms with E-state index in [4.69, 9.17) is 14.2 Å². The molecule has 0 N–H and O–H groups in total. The van der Waals surface area contributed by atoms with E-state index < -0.39 is 5.79 Å². The monoisotopic (exact) mass is 144 g/mol. The van der Waals surface area contributed by atoms with Gasteiger partial charge >= 0.3 is 0 Å². The van der Waals surface area contributed by atoms with Crippen molar-refractivity contribution in [2.45, 2.75) is 31.8 Å². The molecule has 10 heavy (non-hydrogen) atoms. The van der Waals surface area contributed by atoms with Gasteiger partial charge in [0.15, 0.2) is 11.6 Å². The maximum atomic E-state index is 5.53. The molecule has 0 aromatic carbocycles. The van der Waals surface area contributed by atoms with E-state index in [-0.39, 0.29) is 5.79 Å². The second kappa shape index (κ2) is 1.72. The zero-order valence-electron chi connectivity index (χ0n) is 6.35. The molecule has 3 nitrogen and oxygen atoms in total. The normalized spacial score (nSPS) is 43.8. The molecule has 1 spiro atoms. The number of hydrogen-bond acceptors (Lipinski definition) is 3. The Hall–Kier alpha value is -0.120. The van der Waals surface area contributed by atoms with Gasteiger partial charge in [-0.25, -0.2) is 0 Å². The lowest BCUT2D eigenvalue weighted by Gasteiger charge is -2.36. The summed E-state index contributed by atoms with van der Waals surface area (Å²) in [5, 5.41) is 0. The Morgan fingerprint density at radius 1 is 1.20 bits per heavy atom. The first-order chi connectivity index (χ1) is 4.62. The van der Waals surface area contributed by atoms with Gasteiger partial charge in [0.1, 0.15) is 6.61 Å². The fourth-order valence-electron chi connectivity index (χ4n) is 1.31. The minimum atomic E-state index is -0.444. The highest BCUT2D eigenvalue weighted by Gasteiger charge is 2.50. The van der Waals surface area contributed by atoms with Crippen molar-refractivity contribution < 1.29 is 14.2 Å². The topological polar surface area (TPSA) is 27.7 Å². The SMILES string of the molecule is CC1(C)OC[C@]2(CCO2)O1. The largest absolute Gasteiger partial charge is 0.347 e. The first kappa shape index (κ1) is 6.58. The first-order valence-electron chi connectivity index (χ1n) is 3.60. The van der Waals surface area contributed by atoms with Crippen LogP contribution < -0.4 is 0 Å². The van der Waals surface area contributed by atoms with Crippen molar-refractivity contribution in [3.63, 3.8) is 0 Å².